The number of rotatable bonds is 4. The molecule has 5 nitrogen and oxygen atoms in total. The number of para-hydroxylation sites is 1. The number of nitrogens with zero attached hydrogens (tertiary/aromatic N) is 4. The zero-order valence-electron chi connectivity index (χ0n) is 18.2. The summed E-state index contributed by atoms with van der Waals surface area (Å²) in [7, 11) is 0. The molecule has 5 rings (SSSR count). The number of fused-ring (bicyclic) bond motifs is 1. The van der Waals surface area contributed by atoms with Crippen LogP contribution in [0.25, 0.3) is 22.3 Å². The Morgan fingerprint density at radius 2 is 1.56 bits per heavy atom. The first-order chi connectivity index (χ1) is 16.4. The number of benzene rings is 3. The lowest BCUT2D eigenvalue weighted by Gasteiger charge is -2.14. The standard InChI is InChI=1S/C26H20F3N5/c1-2-20-22(16-10-4-3-5-11-16)32-25(31-20)34-24-18-13-7-9-15-21(18)30-23(33-24)17-12-6-8-14-19(17)26(27,28)29/h3-15,20H,2H2,1H3,(H,30,31,33,34). The number of anilines is 1. The van der Waals surface area contributed by atoms with Gasteiger partial charge in [0.1, 0.15) is 5.82 Å². The van der Waals surface area contributed by atoms with E-state index in [9.17, 15) is 13.2 Å². The number of alkyl halides is 3. The highest BCUT2D eigenvalue weighted by Crippen LogP contribution is 2.37. The van der Waals surface area contributed by atoms with Crippen LogP contribution < -0.4 is 5.32 Å². The van der Waals surface area contributed by atoms with Crippen LogP contribution in [0, 0.1) is 0 Å². The van der Waals surface area contributed by atoms with Crippen molar-refractivity contribution in [1.82, 2.24) is 9.97 Å². The van der Waals surface area contributed by atoms with Gasteiger partial charge in [0.05, 0.1) is 22.8 Å². The molecular formula is C26H20F3N5. The molecule has 1 N–H and O–H groups in total. The molecule has 1 unspecified atom stereocenters. The average molecular weight is 459 g/mol. The maximum absolute atomic E-state index is 13.7. The normalized spacial score (nSPS) is 15.8. The minimum Gasteiger partial charge on any atom is -0.308 e. The maximum atomic E-state index is 13.7. The fraction of sp³-hybridized carbons (Fsp3) is 0.154. The predicted octanol–water partition coefficient (Wildman–Crippen LogP) is 6.37. The Morgan fingerprint density at radius 1 is 0.853 bits per heavy atom. The van der Waals surface area contributed by atoms with Crippen LogP contribution in [0.2, 0.25) is 0 Å². The van der Waals surface area contributed by atoms with Crippen molar-refractivity contribution in [3.8, 4) is 11.4 Å². The molecule has 3 aromatic carbocycles. The molecule has 1 atom stereocenters. The average Bonchev–Trinajstić information content (AvgIpc) is 3.27. The van der Waals surface area contributed by atoms with Crippen LogP contribution in [0.3, 0.4) is 0 Å². The second kappa shape index (κ2) is 8.70. The second-order valence-corrected chi connectivity index (χ2v) is 7.82. The lowest BCUT2D eigenvalue weighted by molar-refractivity contribution is -0.137. The van der Waals surface area contributed by atoms with Gasteiger partial charge in [-0.05, 0) is 30.2 Å². The van der Waals surface area contributed by atoms with Gasteiger partial charge in [-0.25, -0.2) is 20.0 Å². The van der Waals surface area contributed by atoms with Gasteiger partial charge in [-0.2, -0.15) is 13.2 Å². The van der Waals surface area contributed by atoms with Crippen LogP contribution in [0.4, 0.5) is 19.0 Å². The van der Waals surface area contributed by atoms with E-state index in [-0.39, 0.29) is 17.4 Å². The summed E-state index contributed by atoms with van der Waals surface area (Å²) in [5, 5.41) is 3.81. The van der Waals surface area contributed by atoms with Gasteiger partial charge in [-0.15, -0.1) is 0 Å². The van der Waals surface area contributed by atoms with Gasteiger partial charge < -0.3 is 5.32 Å². The van der Waals surface area contributed by atoms with Crippen LogP contribution in [-0.4, -0.2) is 27.7 Å². The molecule has 34 heavy (non-hydrogen) atoms. The SMILES string of the molecule is CCC1N=C(Nc2nc(-c3ccccc3C(F)(F)F)nc3ccccc23)N=C1c1ccccc1. The summed E-state index contributed by atoms with van der Waals surface area (Å²) >= 11 is 0. The molecule has 0 saturated heterocycles. The van der Waals surface area contributed by atoms with E-state index in [2.05, 4.69) is 25.3 Å². The Hall–Kier alpha value is -4.07. The van der Waals surface area contributed by atoms with Crippen molar-refractivity contribution in [3.05, 3.63) is 90.0 Å². The molecule has 0 aliphatic carbocycles. The van der Waals surface area contributed by atoms with Crippen molar-refractivity contribution in [3.63, 3.8) is 0 Å². The van der Waals surface area contributed by atoms with Gasteiger partial charge in [-0.3, -0.25) is 0 Å². The van der Waals surface area contributed by atoms with E-state index < -0.39 is 11.7 Å². The van der Waals surface area contributed by atoms with Crippen molar-refractivity contribution in [2.75, 3.05) is 5.32 Å². The molecule has 0 radical (unpaired) electrons. The number of aliphatic imine (C=N–C) groups is 2. The van der Waals surface area contributed by atoms with E-state index in [1.165, 1.54) is 12.1 Å². The van der Waals surface area contributed by atoms with Crippen LogP contribution >= 0.6 is 0 Å². The summed E-state index contributed by atoms with van der Waals surface area (Å²) in [4.78, 5) is 18.3. The highest BCUT2D eigenvalue weighted by molar-refractivity contribution is 6.17. The van der Waals surface area contributed by atoms with Crippen LogP contribution in [0.5, 0.6) is 0 Å². The first-order valence-electron chi connectivity index (χ1n) is 10.9. The van der Waals surface area contributed by atoms with Crippen molar-refractivity contribution in [2.45, 2.75) is 25.6 Å². The molecule has 1 aliphatic rings. The van der Waals surface area contributed by atoms with Crippen molar-refractivity contribution < 1.29 is 13.2 Å². The third-order valence-corrected chi connectivity index (χ3v) is 5.58. The fourth-order valence-corrected chi connectivity index (χ4v) is 3.96. The van der Waals surface area contributed by atoms with E-state index in [1.807, 2.05) is 49.4 Å². The first-order valence-corrected chi connectivity index (χ1v) is 10.9. The van der Waals surface area contributed by atoms with E-state index in [4.69, 9.17) is 0 Å². The van der Waals surface area contributed by atoms with E-state index >= 15 is 0 Å². The Labute approximate surface area is 194 Å². The number of nitrogens with one attached hydrogen (secondary N) is 1. The number of hydrogen-bond acceptors (Lipinski definition) is 5. The number of hydrogen-bond donors (Lipinski definition) is 1. The highest BCUT2D eigenvalue weighted by atomic mass is 19.4. The van der Waals surface area contributed by atoms with E-state index in [0.717, 1.165) is 23.8 Å². The molecule has 0 amide bonds. The van der Waals surface area contributed by atoms with Crippen LogP contribution in [0.15, 0.2) is 88.8 Å². The molecule has 0 bridgehead atoms. The first kappa shape index (κ1) is 21.8. The monoisotopic (exact) mass is 459 g/mol. The van der Waals surface area contributed by atoms with Gasteiger partial charge in [0.25, 0.3) is 0 Å². The lowest BCUT2D eigenvalue weighted by Crippen LogP contribution is -2.15. The van der Waals surface area contributed by atoms with Crippen LogP contribution in [0.1, 0.15) is 24.5 Å². The Bertz CT molecular complexity index is 1410. The highest BCUT2D eigenvalue weighted by Gasteiger charge is 2.34. The summed E-state index contributed by atoms with van der Waals surface area (Å²) in [6.45, 7) is 2.03. The Morgan fingerprint density at radius 3 is 2.32 bits per heavy atom. The van der Waals surface area contributed by atoms with Gasteiger partial charge in [0, 0.05) is 10.9 Å². The third kappa shape index (κ3) is 4.14. The smallest absolute Gasteiger partial charge is 0.308 e. The van der Waals surface area contributed by atoms with Crippen molar-refractivity contribution >= 4 is 28.4 Å². The number of aromatic nitrogens is 2. The molecule has 0 fully saturated rings. The summed E-state index contributed by atoms with van der Waals surface area (Å²) in [6.07, 6.45) is -3.77. The van der Waals surface area contributed by atoms with Crippen LogP contribution in [-0.2, 0) is 6.18 Å². The van der Waals surface area contributed by atoms with E-state index in [0.29, 0.717) is 22.7 Å². The maximum Gasteiger partial charge on any atom is 0.417 e. The van der Waals surface area contributed by atoms with Gasteiger partial charge in [0.2, 0.25) is 5.96 Å². The molecule has 0 spiro atoms. The Kier molecular flexibility index (Phi) is 5.57. The van der Waals surface area contributed by atoms with Gasteiger partial charge >= 0.3 is 6.18 Å². The van der Waals surface area contributed by atoms with Gasteiger partial charge in [0.15, 0.2) is 5.82 Å². The molecule has 1 aromatic heterocycles. The number of guanidine groups is 1. The van der Waals surface area contributed by atoms with Crippen molar-refractivity contribution in [2.24, 2.45) is 9.98 Å². The largest absolute Gasteiger partial charge is 0.417 e. The third-order valence-electron chi connectivity index (χ3n) is 5.58. The minimum absolute atomic E-state index is 0.0213. The zero-order chi connectivity index (χ0) is 23.7. The molecule has 8 heteroatoms. The fourth-order valence-electron chi connectivity index (χ4n) is 3.96. The number of halogens is 3. The lowest BCUT2D eigenvalue weighted by atomic mass is 10.0. The topological polar surface area (TPSA) is 62.5 Å². The molecule has 1 aliphatic heterocycles. The summed E-state index contributed by atoms with van der Waals surface area (Å²) in [6, 6.07) is 22.1. The van der Waals surface area contributed by atoms with E-state index in [1.54, 1.807) is 18.2 Å². The molecular weight excluding hydrogens is 439 g/mol. The van der Waals surface area contributed by atoms with Gasteiger partial charge in [-0.1, -0.05) is 67.6 Å². The molecule has 2 heterocycles. The van der Waals surface area contributed by atoms with Crippen molar-refractivity contribution in [1.29, 1.82) is 0 Å². The molecule has 170 valence electrons. The minimum atomic E-state index is -4.53. The zero-order valence-corrected chi connectivity index (χ0v) is 18.2. The Balaban J connectivity index is 1.60. The summed E-state index contributed by atoms with van der Waals surface area (Å²) in [5.74, 6) is 0.695. The summed E-state index contributed by atoms with van der Waals surface area (Å²) < 4.78 is 41.0. The quantitative estimate of drug-likeness (QED) is 0.386. The summed E-state index contributed by atoms with van der Waals surface area (Å²) in [5.41, 5.74) is 1.46. The predicted molar refractivity (Wildman–Crippen MR) is 128 cm³/mol. The molecule has 0 saturated carbocycles. The molecule has 4 aromatic rings. The second-order valence-electron chi connectivity index (χ2n) is 7.82.